The molecule has 216 valence electrons. The zero-order chi connectivity index (χ0) is 30.0. The van der Waals surface area contributed by atoms with E-state index in [1.54, 1.807) is 20.1 Å². The van der Waals surface area contributed by atoms with E-state index < -0.39 is 11.5 Å². The molecule has 2 aromatic heterocycles. The molecule has 2 aromatic carbocycles. The zero-order valence-corrected chi connectivity index (χ0v) is 24.7. The summed E-state index contributed by atoms with van der Waals surface area (Å²) in [6.45, 7) is 5.80. The van der Waals surface area contributed by atoms with Crippen molar-refractivity contribution in [1.82, 2.24) is 19.7 Å². The van der Waals surface area contributed by atoms with Crippen LogP contribution in [-0.2, 0) is 18.4 Å². The molecule has 1 aliphatic heterocycles. The number of aromatic nitrogens is 3. The summed E-state index contributed by atoms with van der Waals surface area (Å²) in [4.78, 5) is 44.1. The van der Waals surface area contributed by atoms with Crippen molar-refractivity contribution in [1.29, 1.82) is 0 Å². The third-order valence-electron chi connectivity index (χ3n) is 7.77. The summed E-state index contributed by atoms with van der Waals surface area (Å²) in [7, 11) is 3.09. The second-order valence-corrected chi connectivity index (χ2v) is 10.8. The molecule has 5 rings (SSSR count). The van der Waals surface area contributed by atoms with Gasteiger partial charge in [0.05, 0.1) is 17.8 Å². The highest BCUT2D eigenvalue weighted by Gasteiger charge is 2.26. The number of likely N-dealkylation sites (tertiary alicyclic amines) is 1. The van der Waals surface area contributed by atoms with E-state index in [2.05, 4.69) is 15.3 Å². The van der Waals surface area contributed by atoms with Gasteiger partial charge in [-0.25, -0.2) is 9.67 Å². The average molecular weight is 586 g/mol. The van der Waals surface area contributed by atoms with Crippen LogP contribution in [0.25, 0.3) is 22.4 Å². The fourth-order valence-corrected chi connectivity index (χ4v) is 5.66. The SMILES string of the molecule is COc1nc(-c2cccc(-c3cccc(NC(=O)c4ccnn(C)c4=O)c3C)c2Cl)ccc1CN1CCC(C(C)=O)C1. The lowest BCUT2D eigenvalue weighted by Crippen LogP contribution is -2.28. The topological polar surface area (TPSA) is 106 Å². The van der Waals surface area contributed by atoms with Crippen molar-refractivity contribution in [2.45, 2.75) is 26.8 Å². The number of nitrogens with one attached hydrogen (secondary N) is 1. The number of ether oxygens (including phenoxy) is 1. The number of ketones is 1. The molecule has 10 heteroatoms. The Bertz CT molecular complexity index is 1730. The van der Waals surface area contributed by atoms with Gasteiger partial charge < -0.3 is 10.1 Å². The van der Waals surface area contributed by atoms with Gasteiger partial charge in [0.25, 0.3) is 11.5 Å². The molecule has 1 fully saturated rings. The number of hydrogen-bond donors (Lipinski definition) is 1. The minimum atomic E-state index is -0.514. The van der Waals surface area contributed by atoms with Crippen molar-refractivity contribution in [2.24, 2.45) is 13.0 Å². The van der Waals surface area contributed by atoms with Crippen molar-refractivity contribution in [2.75, 3.05) is 25.5 Å². The summed E-state index contributed by atoms with van der Waals surface area (Å²) < 4.78 is 6.78. The van der Waals surface area contributed by atoms with E-state index in [1.165, 1.54) is 19.3 Å². The largest absolute Gasteiger partial charge is 0.481 e. The van der Waals surface area contributed by atoms with Crippen LogP contribution in [0, 0.1) is 12.8 Å². The van der Waals surface area contributed by atoms with E-state index in [4.69, 9.17) is 21.3 Å². The van der Waals surface area contributed by atoms with Crippen LogP contribution in [-0.4, -0.2) is 51.6 Å². The Balaban J connectivity index is 1.43. The van der Waals surface area contributed by atoms with Crippen LogP contribution >= 0.6 is 11.6 Å². The van der Waals surface area contributed by atoms with Crippen LogP contribution in [0.3, 0.4) is 0 Å². The lowest BCUT2D eigenvalue weighted by Gasteiger charge is -2.18. The average Bonchev–Trinajstić information content (AvgIpc) is 3.45. The summed E-state index contributed by atoms with van der Waals surface area (Å²) in [6, 6.07) is 16.6. The molecule has 1 saturated heterocycles. The van der Waals surface area contributed by atoms with Gasteiger partial charge in [-0.15, -0.1) is 0 Å². The Morgan fingerprint density at radius 2 is 1.81 bits per heavy atom. The van der Waals surface area contributed by atoms with Crippen LogP contribution in [0.15, 0.2) is 65.6 Å². The number of Topliss-reactive ketones (excluding diaryl/α,β-unsaturated/α-hetero) is 1. The number of halogens is 1. The minimum absolute atomic E-state index is 0.00389. The fourth-order valence-electron chi connectivity index (χ4n) is 5.33. The van der Waals surface area contributed by atoms with Gasteiger partial charge in [0.15, 0.2) is 0 Å². The number of nitrogens with zero attached hydrogens (tertiary/aromatic N) is 4. The fraction of sp³-hybridized carbons (Fsp3) is 0.281. The van der Waals surface area contributed by atoms with Gasteiger partial charge >= 0.3 is 0 Å². The van der Waals surface area contributed by atoms with E-state index in [0.29, 0.717) is 28.8 Å². The van der Waals surface area contributed by atoms with Crippen LogP contribution < -0.4 is 15.6 Å². The molecule has 1 amide bonds. The van der Waals surface area contributed by atoms with Crippen molar-refractivity contribution in [3.8, 4) is 28.3 Å². The maximum atomic E-state index is 12.9. The molecule has 0 saturated carbocycles. The summed E-state index contributed by atoms with van der Waals surface area (Å²) >= 11 is 7.00. The van der Waals surface area contributed by atoms with Gasteiger partial charge in [0.1, 0.15) is 11.3 Å². The van der Waals surface area contributed by atoms with E-state index in [1.807, 2.05) is 49.4 Å². The molecule has 1 atom stereocenters. The maximum absolute atomic E-state index is 12.9. The van der Waals surface area contributed by atoms with Gasteiger partial charge in [-0.3, -0.25) is 19.3 Å². The van der Waals surface area contributed by atoms with Crippen molar-refractivity contribution >= 4 is 29.0 Å². The molecule has 0 bridgehead atoms. The number of methoxy groups -OCH3 is 1. The highest BCUT2D eigenvalue weighted by molar-refractivity contribution is 6.36. The number of carbonyl (C=O) groups is 2. The van der Waals surface area contributed by atoms with E-state index >= 15 is 0 Å². The Morgan fingerprint density at radius 3 is 2.55 bits per heavy atom. The van der Waals surface area contributed by atoms with Crippen molar-refractivity contribution < 1.29 is 14.3 Å². The molecule has 0 aliphatic carbocycles. The van der Waals surface area contributed by atoms with Gasteiger partial charge in [-0.05, 0) is 56.1 Å². The summed E-state index contributed by atoms with van der Waals surface area (Å²) in [6.07, 6.45) is 2.29. The molecule has 1 aliphatic rings. The molecule has 0 spiro atoms. The zero-order valence-electron chi connectivity index (χ0n) is 24.0. The Labute approximate surface area is 249 Å². The van der Waals surface area contributed by atoms with Crippen LogP contribution in [0.5, 0.6) is 5.88 Å². The minimum Gasteiger partial charge on any atom is -0.481 e. The maximum Gasteiger partial charge on any atom is 0.279 e. The normalized spacial score (nSPS) is 15.0. The first-order valence-corrected chi connectivity index (χ1v) is 14.0. The smallest absolute Gasteiger partial charge is 0.279 e. The summed E-state index contributed by atoms with van der Waals surface area (Å²) in [5.74, 6) is 0.321. The van der Waals surface area contributed by atoms with Gasteiger partial charge in [0.2, 0.25) is 5.88 Å². The highest BCUT2D eigenvalue weighted by atomic mass is 35.5. The standard InChI is InChI=1S/C32H32ClN5O4/c1-19-23(7-6-10-27(19)35-30(40)26-13-15-34-37(3)32(26)41)24-8-5-9-25(29(24)33)28-12-11-22(31(36-28)42-4)18-38-16-14-21(17-38)20(2)39/h5-13,15,21H,14,16-18H2,1-4H3,(H,35,40). The third-order valence-corrected chi connectivity index (χ3v) is 8.18. The second kappa shape index (κ2) is 12.3. The number of amides is 1. The number of rotatable bonds is 8. The molecule has 1 unspecified atom stereocenters. The lowest BCUT2D eigenvalue weighted by atomic mass is 9.96. The molecule has 4 aromatic rings. The highest BCUT2D eigenvalue weighted by Crippen LogP contribution is 2.39. The molecule has 3 heterocycles. The monoisotopic (exact) mass is 585 g/mol. The van der Waals surface area contributed by atoms with Gasteiger partial charge in [0, 0.05) is 54.6 Å². The molecule has 0 radical (unpaired) electrons. The quantitative estimate of drug-likeness (QED) is 0.305. The van der Waals surface area contributed by atoms with Crippen LogP contribution in [0.4, 0.5) is 5.69 Å². The lowest BCUT2D eigenvalue weighted by molar-refractivity contribution is -0.120. The molecular formula is C32H32ClN5O4. The van der Waals surface area contributed by atoms with Crippen LogP contribution in [0.1, 0.15) is 34.8 Å². The van der Waals surface area contributed by atoms with Gasteiger partial charge in [-0.1, -0.05) is 48.0 Å². The van der Waals surface area contributed by atoms with Gasteiger partial charge in [-0.2, -0.15) is 5.10 Å². The number of pyridine rings is 1. The predicted octanol–water partition coefficient (Wildman–Crippen LogP) is 5.14. The second-order valence-electron chi connectivity index (χ2n) is 10.5. The predicted molar refractivity (Wildman–Crippen MR) is 163 cm³/mol. The first kappa shape index (κ1) is 29.2. The first-order valence-electron chi connectivity index (χ1n) is 13.7. The van der Waals surface area contributed by atoms with E-state index in [0.717, 1.165) is 52.0 Å². The van der Waals surface area contributed by atoms with Crippen LogP contribution in [0.2, 0.25) is 5.02 Å². The Morgan fingerprint density at radius 1 is 1.07 bits per heavy atom. The molecular weight excluding hydrogens is 554 g/mol. The van der Waals surface area contributed by atoms with E-state index in [9.17, 15) is 14.4 Å². The molecule has 1 N–H and O–H groups in total. The summed E-state index contributed by atoms with van der Waals surface area (Å²) in [5.41, 5.74) is 4.85. The summed E-state index contributed by atoms with van der Waals surface area (Å²) in [5, 5.41) is 7.24. The first-order chi connectivity index (χ1) is 20.2. The third kappa shape index (κ3) is 5.84. The molecule has 9 nitrogen and oxygen atoms in total. The van der Waals surface area contributed by atoms with Crippen molar-refractivity contribution in [3.63, 3.8) is 0 Å². The number of carbonyl (C=O) groups excluding carboxylic acids is 2. The Kier molecular flexibility index (Phi) is 8.51. The van der Waals surface area contributed by atoms with Crippen molar-refractivity contribution in [3.05, 3.63) is 92.9 Å². The Hall–Kier alpha value is -4.34. The number of benzene rings is 2. The number of aryl methyl sites for hydroxylation is 1. The number of anilines is 1. The molecule has 42 heavy (non-hydrogen) atoms. The number of hydrogen-bond acceptors (Lipinski definition) is 7. The van der Waals surface area contributed by atoms with E-state index in [-0.39, 0.29) is 17.3 Å².